The van der Waals surface area contributed by atoms with Gasteiger partial charge in [0.1, 0.15) is 0 Å². The maximum Gasteiger partial charge on any atom is 0.391 e. The molecule has 3 nitrogen and oxygen atoms in total. The van der Waals surface area contributed by atoms with Gasteiger partial charge in [-0.05, 0) is 43.9 Å². The van der Waals surface area contributed by atoms with Gasteiger partial charge in [-0.2, -0.15) is 13.2 Å². The minimum absolute atomic E-state index is 0.0226. The Hall–Kier alpha value is -1.43. The van der Waals surface area contributed by atoms with E-state index in [-0.39, 0.29) is 29.5 Å². The lowest BCUT2D eigenvalue weighted by Gasteiger charge is -2.31. The molecule has 0 saturated heterocycles. The van der Waals surface area contributed by atoms with Crippen molar-refractivity contribution in [3.8, 4) is 0 Å². The molecule has 0 aliphatic heterocycles. The van der Waals surface area contributed by atoms with E-state index in [1.165, 1.54) is 12.1 Å². The van der Waals surface area contributed by atoms with Crippen molar-refractivity contribution in [1.29, 1.82) is 0 Å². The molecule has 0 aromatic heterocycles. The summed E-state index contributed by atoms with van der Waals surface area (Å²) in [7, 11) is 0. The average Bonchev–Trinajstić information content (AvgIpc) is 2.40. The minimum Gasteiger partial charge on any atom is -0.478 e. The van der Waals surface area contributed by atoms with Gasteiger partial charge in [0.05, 0.1) is 16.5 Å². The van der Waals surface area contributed by atoms with Crippen LogP contribution in [0.25, 0.3) is 0 Å². The van der Waals surface area contributed by atoms with E-state index in [1.54, 1.807) is 6.07 Å². The third-order valence-electron chi connectivity index (χ3n) is 3.76. The molecule has 0 heterocycles. The first-order valence-corrected chi connectivity index (χ1v) is 7.01. The van der Waals surface area contributed by atoms with Crippen molar-refractivity contribution in [2.45, 2.75) is 37.9 Å². The molecule has 0 radical (unpaired) electrons. The average molecular weight is 322 g/mol. The SMILES string of the molecule is O=C(O)c1cc(NC2CCC(C(F)(F)F)CC2)ccc1Cl. The molecule has 1 saturated carbocycles. The molecule has 1 aliphatic rings. The highest BCUT2D eigenvalue weighted by atomic mass is 35.5. The van der Waals surface area contributed by atoms with Gasteiger partial charge in [-0.25, -0.2) is 4.79 Å². The minimum atomic E-state index is -4.12. The Balaban J connectivity index is 1.98. The van der Waals surface area contributed by atoms with Crippen LogP contribution in [-0.2, 0) is 0 Å². The van der Waals surface area contributed by atoms with Crippen LogP contribution in [-0.4, -0.2) is 23.3 Å². The monoisotopic (exact) mass is 321 g/mol. The summed E-state index contributed by atoms with van der Waals surface area (Å²) >= 11 is 5.77. The van der Waals surface area contributed by atoms with Crippen molar-refractivity contribution in [2.24, 2.45) is 5.92 Å². The lowest BCUT2D eigenvalue weighted by molar-refractivity contribution is -0.182. The topological polar surface area (TPSA) is 49.3 Å². The number of carboxylic acids is 1. The lowest BCUT2D eigenvalue weighted by atomic mass is 9.85. The number of halogens is 4. The first kappa shape index (κ1) is 15.9. The van der Waals surface area contributed by atoms with E-state index in [2.05, 4.69) is 5.32 Å². The maximum absolute atomic E-state index is 12.6. The number of hydrogen-bond donors (Lipinski definition) is 2. The highest BCUT2D eigenvalue weighted by molar-refractivity contribution is 6.33. The number of hydrogen-bond acceptors (Lipinski definition) is 2. The molecule has 7 heteroatoms. The predicted octanol–water partition coefficient (Wildman–Crippen LogP) is 4.57. The number of carbonyl (C=O) groups is 1. The largest absolute Gasteiger partial charge is 0.478 e. The summed E-state index contributed by atoms with van der Waals surface area (Å²) in [6.45, 7) is 0. The predicted molar refractivity (Wildman–Crippen MR) is 73.8 cm³/mol. The molecule has 1 aromatic rings. The zero-order valence-electron chi connectivity index (χ0n) is 11.1. The summed E-state index contributed by atoms with van der Waals surface area (Å²) in [5, 5.41) is 12.2. The molecule has 0 atom stereocenters. The van der Waals surface area contributed by atoms with Crippen molar-refractivity contribution in [3.05, 3.63) is 28.8 Å². The third kappa shape index (κ3) is 4.03. The Morgan fingerprint density at radius 2 is 1.86 bits per heavy atom. The number of anilines is 1. The van der Waals surface area contributed by atoms with Gasteiger partial charge in [-0.3, -0.25) is 0 Å². The molecule has 0 amide bonds. The van der Waals surface area contributed by atoms with Crippen molar-refractivity contribution < 1.29 is 23.1 Å². The van der Waals surface area contributed by atoms with Crippen LogP contribution in [0.15, 0.2) is 18.2 Å². The van der Waals surface area contributed by atoms with Crippen LogP contribution in [0.3, 0.4) is 0 Å². The summed E-state index contributed by atoms with van der Waals surface area (Å²) in [5.74, 6) is -2.36. The van der Waals surface area contributed by atoms with Gasteiger partial charge in [0.2, 0.25) is 0 Å². The van der Waals surface area contributed by atoms with Crippen molar-refractivity contribution in [1.82, 2.24) is 0 Å². The van der Waals surface area contributed by atoms with E-state index in [0.717, 1.165) is 0 Å². The Kier molecular flexibility index (Phi) is 4.66. The Morgan fingerprint density at radius 3 is 2.38 bits per heavy atom. The number of carboxylic acid groups (broad SMARTS) is 1. The summed E-state index contributed by atoms with van der Waals surface area (Å²) in [6, 6.07) is 4.42. The van der Waals surface area contributed by atoms with Gasteiger partial charge < -0.3 is 10.4 Å². The second kappa shape index (κ2) is 6.13. The molecule has 0 spiro atoms. The van der Waals surface area contributed by atoms with Crippen molar-refractivity contribution in [2.75, 3.05) is 5.32 Å². The summed E-state index contributed by atoms with van der Waals surface area (Å²) in [5.41, 5.74) is 0.540. The van der Waals surface area contributed by atoms with Crippen LogP contribution in [0.1, 0.15) is 36.0 Å². The zero-order valence-corrected chi connectivity index (χ0v) is 11.8. The maximum atomic E-state index is 12.6. The van der Waals surface area contributed by atoms with E-state index >= 15 is 0 Å². The zero-order chi connectivity index (χ0) is 15.6. The molecule has 0 bridgehead atoms. The van der Waals surface area contributed by atoms with E-state index < -0.39 is 18.1 Å². The van der Waals surface area contributed by atoms with Gasteiger partial charge in [0.25, 0.3) is 0 Å². The van der Waals surface area contributed by atoms with Crippen LogP contribution in [0.4, 0.5) is 18.9 Å². The fourth-order valence-electron chi connectivity index (χ4n) is 2.58. The Bertz CT molecular complexity index is 525. The van der Waals surface area contributed by atoms with Gasteiger partial charge in [-0.15, -0.1) is 0 Å². The van der Waals surface area contributed by atoms with E-state index in [1.807, 2.05) is 0 Å². The molecular weight excluding hydrogens is 307 g/mol. The number of rotatable bonds is 3. The molecule has 1 aliphatic carbocycles. The number of nitrogens with one attached hydrogen (secondary N) is 1. The molecular formula is C14H15ClF3NO2. The van der Waals surface area contributed by atoms with Crippen LogP contribution in [0.5, 0.6) is 0 Å². The van der Waals surface area contributed by atoms with E-state index in [9.17, 15) is 18.0 Å². The highest BCUT2D eigenvalue weighted by Gasteiger charge is 2.41. The smallest absolute Gasteiger partial charge is 0.391 e. The van der Waals surface area contributed by atoms with Gasteiger partial charge in [-0.1, -0.05) is 11.6 Å². The van der Waals surface area contributed by atoms with E-state index in [4.69, 9.17) is 16.7 Å². The van der Waals surface area contributed by atoms with E-state index in [0.29, 0.717) is 18.5 Å². The van der Waals surface area contributed by atoms with Gasteiger partial charge in [0.15, 0.2) is 0 Å². The summed E-state index contributed by atoms with van der Waals surface area (Å²) < 4.78 is 37.7. The lowest BCUT2D eigenvalue weighted by Crippen LogP contribution is -2.32. The Morgan fingerprint density at radius 1 is 1.24 bits per heavy atom. The third-order valence-corrected chi connectivity index (χ3v) is 4.09. The van der Waals surface area contributed by atoms with Crippen molar-refractivity contribution >= 4 is 23.3 Å². The Labute approximate surface area is 125 Å². The quantitative estimate of drug-likeness (QED) is 0.857. The molecule has 1 aromatic carbocycles. The first-order valence-electron chi connectivity index (χ1n) is 6.63. The normalized spacial score (nSPS) is 22.9. The molecule has 1 fully saturated rings. The fraction of sp³-hybridized carbons (Fsp3) is 0.500. The molecule has 2 rings (SSSR count). The number of benzene rings is 1. The second-order valence-electron chi connectivity index (χ2n) is 5.23. The van der Waals surface area contributed by atoms with Crippen molar-refractivity contribution in [3.63, 3.8) is 0 Å². The summed E-state index contributed by atoms with van der Waals surface area (Å²) in [4.78, 5) is 11.0. The van der Waals surface area contributed by atoms with Gasteiger partial charge in [0, 0.05) is 11.7 Å². The van der Waals surface area contributed by atoms with Crippen LogP contribution < -0.4 is 5.32 Å². The van der Waals surface area contributed by atoms with Crippen LogP contribution >= 0.6 is 11.6 Å². The highest BCUT2D eigenvalue weighted by Crippen LogP contribution is 2.38. The molecule has 21 heavy (non-hydrogen) atoms. The molecule has 2 N–H and O–H groups in total. The van der Waals surface area contributed by atoms with Crippen LogP contribution in [0.2, 0.25) is 5.02 Å². The second-order valence-corrected chi connectivity index (χ2v) is 5.64. The first-order chi connectivity index (χ1) is 9.77. The number of alkyl halides is 3. The van der Waals surface area contributed by atoms with Gasteiger partial charge >= 0.3 is 12.1 Å². The van der Waals surface area contributed by atoms with Crippen LogP contribution in [0, 0.1) is 5.92 Å². The summed E-state index contributed by atoms with van der Waals surface area (Å²) in [6.07, 6.45) is -3.10. The fourth-order valence-corrected chi connectivity index (χ4v) is 2.78. The number of aromatic carboxylic acids is 1. The molecule has 0 unspecified atom stereocenters. The standard InChI is InChI=1S/C14H15ClF3NO2/c15-12-6-5-10(7-11(12)13(20)21)19-9-3-1-8(2-4-9)14(16,17)18/h5-9,19H,1-4H2,(H,20,21). The molecule has 116 valence electrons.